The van der Waals surface area contributed by atoms with Crippen molar-refractivity contribution in [1.29, 1.82) is 0 Å². The standard InChI is InChI=1S/C16H20F2N2O2.ClH/c1-10-8-12(6-7-19-10)20-16(22)5-4-15(21)11-2-3-13(17)14(18)9-11;/h2-3,9-10,12,19H,4-8H2,1H3,(H,20,22);1H. The first-order valence-corrected chi connectivity index (χ1v) is 7.46. The number of carbonyl (C=O) groups excluding carboxylic acids is 2. The predicted molar refractivity (Wildman–Crippen MR) is 85.8 cm³/mol. The van der Waals surface area contributed by atoms with E-state index in [9.17, 15) is 18.4 Å². The van der Waals surface area contributed by atoms with E-state index < -0.39 is 11.6 Å². The molecule has 2 atom stereocenters. The molecule has 1 heterocycles. The average Bonchev–Trinajstić information content (AvgIpc) is 2.47. The molecular weight excluding hydrogens is 326 g/mol. The Morgan fingerprint density at radius 3 is 2.65 bits per heavy atom. The van der Waals surface area contributed by atoms with Gasteiger partial charge in [-0.2, -0.15) is 0 Å². The molecule has 0 bridgehead atoms. The third-order valence-corrected chi connectivity index (χ3v) is 3.81. The number of hydrogen-bond acceptors (Lipinski definition) is 3. The van der Waals surface area contributed by atoms with E-state index in [1.54, 1.807) is 0 Å². The van der Waals surface area contributed by atoms with Gasteiger partial charge in [0.1, 0.15) is 0 Å². The minimum absolute atomic E-state index is 0. The van der Waals surface area contributed by atoms with Crippen LogP contribution in [0.5, 0.6) is 0 Å². The summed E-state index contributed by atoms with van der Waals surface area (Å²) in [6.45, 7) is 2.92. The van der Waals surface area contributed by atoms with Crippen molar-refractivity contribution in [1.82, 2.24) is 10.6 Å². The number of benzene rings is 1. The molecule has 7 heteroatoms. The minimum Gasteiger partial charge on any atom is -0.353 e. The van der Waals surface area contributed by atoms with Gasteiger partial charge in [-0.3, -0.25) is 9.59 Å². The van der Waals surface area contributed by atoms with E-state index in [4.69, 9.17) is 0 Å². The number of halogens is 3. The van der Waals surface area contributed by atoms with Gasteiger partial charge in [0.25, 0.3) is 0 Å². The Bertz CT molecular complexity index is 569. The van der Waals surface area contributed by atoms with E-state index >= 15 is 0 Å². The minimum atomic E-state index is -1.06. The summed E-state index contributed by atoms with van der Waals surface area (Å²) in [4.78, 5) is 23.7. The van der Waals surface area contributed by atoms with Gasteiger partial charge in [0, 0.05) is 30.5 Å². The largest absolute Gasteiger partial charge is 0.353 e. The van der Waals surface area contributed by atoms with Gasteiger partial charge in [-0.15, -0.1) is 12.4 Å². The van der Waals surface area contributed by atoms with Crippen molar-refractivity contribution in [3.05, 3.63) is 35.4 Å². The van der Waals surface area contributed by atoms with Crippen LogP contribution in [0.4, 0.5) is 8.78 Å². The Morgan fingerprint density at radius 2 is 2.00 bits per heavy atom. The number of piperidine rings is 1. The maximum absolute atomic E-state index is 13.1. The summed E-state index contributed by atoms with van der Waals surface area (Å²) in [6.07, 6.45) is 1.77. The SMILES string of the molecule is CC1CC(NC(=O)CCC(=O)c2ccc(F)c(F)c2)CCN1.Cl. The zero-order valence-corrected chi connectivity index (χ0v) is 13.7. The molecular formula is C16H21ClF2N2O2. The number of Topliss-reactive ketones (excluding diaryl/α,β-unsaturated/α-hetero) is 1. The molecule has 0 aliphatic carbocycles. The molecule has 128 valence electrons. The van der Waals surface area contributed by atoms with Crippen molar-refractivity contribution < 1.29 is 18.4 Å². The molecule has 1 amide bonds. The zero-order chi connectivity index (χ0) is 16.1. The summed E-state index contributed by atoms with van der Waals surface area (Å²) in [5.41, 5.74) is 0.0854. The van der Waals surface area contributed by atoms with Crippen molar-refractivity contribution in [2.45, 2.75) is 44.7 Å². The number of hydrogen-bond donors (Lipinski definition) is 2. The van der Waals surface area contributed by atoms with E-state index in [1.165, 1.54) is 6.07 Å². The molecule has 1 aromatic rings. The lowest BCUT2D eigenvalue weighted by Gasteiger charge is -2.28. The van der Waals surface area contributed by atoms with Gasteiger partial charge in [-0.1, -0.05) is 0 Å². The van der Waals surface area contributed by atoms with Crippen LogP contribution in [-0.4, -0.2) is 30.3 Å². The van der Waals surface area contributed by atoms with Gasteiger partial charge in [-0.25, -0.2) is 8.78 Å². The summed E-state index contributed by atoms with van der Waals surface area (Å²) in [5.74, 6) is -2.60. The van der Waals surface area contributed by atoms with Crippen LogP contribution in [0.25, 0.3) is 0 Å². The number of ketones is 1. The topological polar surface area (TPSA) is 58.2 Å². The molecule has 1 aliphatic heterocycles. The van der Waals surface area contributed by atoms with Gasteiger partial charge in [0.05, 0.1) is 0 Å². The average molecular weight is 347 g/mol. The second-order valence-corrected chi connectivity index (χ2v) is 5.70. The normalized spacial score (nSPS) is 20.5. The van der Waals surface area contributed by atoms with E-state index in [2.05, 4.69) is 17.6 Å². The van der Waals surface area contributed by atoms with E-state index in [0.717, 1.165) is 31.5 Å². The lowest BCUT2D eigenvalue weighted by Crippen LogP contribution is -2.46. The van der Waals surface area contributed by atoms with Crippen LogP contribution in [0.15, 0.2) is 18.2 Å². The lowest BCUT2D eigenvalue weighted by atomic mass is 10.00. The first-order chi connectivity index (χ1) is 10.5. The fraction of sp³-hybridized carbons (Fsp3) is 0.500. The summed E-state index contributed by atoms with van der Waals surface area (Å²) >= 11 is 0. The van der Waals surface area contributed by atoms with E-state index in [1.807, 2.05) is 0 Å². The molecule has 0 aromatic heterocycles. The molecule has 2 unspecified atom stereocenters. The third-order valence-electron chi connectivity index (χ3n) is 3.81. The number of carbonyl (C=O) groups is 2. The first-order valence-electron chi connectivity index (χ1n) is 7.46. The predicted octanol–water partition coefficient (Wildman–Crippen LogP) is 2.61. The van der Waals surface area contributed by atoms with Gasteiger partial charge in [0.2, 0.25) is 5.91 Å². The van der Waals surface area contributed by atoms with E-state index in [-0.39, 0.29) is 48.5 Å². The van der Waals surface area contributed by atoms with Crippen LogP contribution in [0.2, 0.25) is 0 Å². The van der Waals surface area contributed by atoms with Crippen molar-refractivity contribution in [2.24, 2.45) is 0 Å². The zero-order valence-electron chi connectivity index (χ0n) is 12.9. The summed E-state index contributed by atoms with van der Waals surface area (Å²) in [7, 11) is 0. The smallest absolute Gasteiger partial charge is 0.220 e. The Kier molecular flexibility index (Phi) is 7.58. The highest BCUT2D eigenvalue weighted by Crippen LogP contribution is 2.12. The van der Waals surface area contributed by atoms with E-state index in [0.29, 0.717) is 6.04 Å². The summed E-state index contributed by atoms with van der Waals surface area (Å²) < 4.78 is 25.9. The van der Waals surface area contributed by atoms with Crippen molar-refractivity contribution in [3.8, 4) is 0 Å². The molecule has 1 fully saturated rings. The molecule has 0 spiro atoms. The number of nitrogens with one attached hydrogen (secondary N) is 2. The fourth-order valence-corrected chi connectivity index (χ4v) is 2.60. The second-order valence-electron chi connectivity index (χ2n) is 5.70. The number of amides is 1. The van der Waals surface area contributed by atoms with Crippen LogP contribution in [0.1, 0.15) is 43.0 Å². The van der Waals surface area contributed by atoms with Crippen LogP contribution in [-0.2, 0) is 4.79 Å². The highest BCUT2D eigenvalue weighted by molar-refractivity contribution is 5.97. The van der Waals surface area contributed by atoms with Crippen molar-refractivity contribution in [2.75, 3.05) is 6.54 Å². The maximum Gasteiger partial charge on any atom is 0.220 e. The molecule has 0 saturated carbocycles. The van der Waals surface area contributed by atoms with Gasteiger partial charge in [-0.05, 0) is 44.5 Å². The Hall–Kier alpha value is -1.53. The molecule has 2 N–H and O–H groups in total. The molecule has 1 aromatic carbocycles. The highest BCUT2D eigenvalue weighted by atomic mass is 35.5. The van der Waals surface area contributed by atoms with Crippen molar-refractivity contribution >= 4 is 24.1 Å². The highest BCUT2D eigenvalue weighted by Gasteiger charge is 2.20. The quantitative estimate of drug-likeness (QED) is 0.806. The molecule has 4 nitrogen and oxygen atoms in total. The van der Waals surface area contributed by atoms with Crippen LogP contribution in [0, 0.1) is 11.6 Å². The molecule has 2 rings (SSSR count). The number of rotatable bonds is 5. The van der Waals surface area contributed by atoms with Crippen LogP contribution < -0.4 is 10.6 Å². The third kappa shape index (κ3) is 5.88. The fourth-order valence-electron chi connectivity index (χ4n) is 2.60. The van der Waals surface area contributed by atoms with Crippen LogP contribution >= 0.6 is 12.4 Å². The maximum atomic E-state index is 13.1. The first kappa shape index (κ1) is 19.5. The Balaban J connectivity index is 0.00000264. The summed E-state index contributed by atoms with van der Waals surface area (Å²) in [6, 6.07) is 3.50. The molecule has 1 aliphatic rings. The Labute approximate surface area is 140 Å². The molecule has 1 saturated heterocycles. The molecule has 0 radical (unpaired) electrons. The lowest BCUT2D eigenvalue weighted by molar-refractivity contribution is -0.122. The van der Waals surface area contributed by atoms with Crippen LogP contribution in [0.3, 0.4) is 0 Å². The van der Waals surface area contributed by atoms with Gasteiger partial charge in [0.15, 0.2) is 17.4 Å². The van der Waals surface area contributed by atoms with Gasteiger partial charge < -0.3 is 10.6 Å². The van der Waals surface area contributed by atoms with Gasteiger partial charge >= 0.3 is 0 Å². The Morgan fingerprint density at radius 1 is 1.26 bits per heavy atom. The molecule has 23 heavy (non-hydrogen) atoms. The van der Waals surface area contributed by atoms with Crippen molar-refractivity contribution in [3.63, 3.8) is 0 Å². The summed E-state index contributed by atoms with van der Waals surface area (Å²) in [5, 5.41) is 6.21. The monoisotopic (exact) mass is 346 g/mol. The second kappa shape index (κ2) is 8.93.